The second kappa shape index (κ2) is 6.73. The number of nitrogens with zero attached hydrogens (tertiary/aromatic N) is 2. The van der Waals surface area contributed by atoms with E-state index in [0.717, 1.165) is 24.9 Å². The van der Waals surface area contributed by atoms with Crippen molar-refractivity contribution in [3.63, 3.8) is 0 Å². The maximum atomic E-state index is 11.9. The second-order valence-corrected chi connectivity index (χ2v) is 5.03. The minimum atomic E-state index is -0.0986. The van der Waals surface area contributed by atoms with E-state index in [2.05, 4.69) is 10.3 Å². The first-order valence-electron chi connectivity index (χ1n) is 6.46. The summed E-state index contributed by atoms with van der Waals surface area (Å²) in [6.07, 6.45) is 4.26. The first-order valence-corrected chi connectivity index (χ1v) is 6.84. The van der Waals surface area contributed by atoms with Crippen LogP contribution in [0, 0.1) is 0 Å². The molecule has 1 atom stereocenters. The molecule has 2 heterocycles. The van der Waals surface area contributed by atoms with Gasteiger partial charge in [-0.2, -0.15) is 0 Å². The van der Waals surface area contributed by atoms with Gasteiger partial charge in [0, 0.05) is 19.3 Å². The van der Waals surface area contributed by atoms with Crippen molar-refractivity contribution >= 4 is 17.6 Å². The van der Waals surface area contributed by atoms with Gasteiger partial charge in [-0.1, -0.05) is 17.7 Å². The zero-order chi connectivity index (χ0) is 13.7. The average Bonchev–Trinajstić information content (AvgIpc) is 2.89. The Morgan fingerprint density at radius 2 is 2.42 bits per heavy atom. The summed E-state index contributed by atoms with van der Waals surface area (Å²) in [5.41, 5.74) is 1.03. The Hall–Kier alpha value is -1.33. The first-order chi connectivity index (χ1) is 9.20. The minimum Gasteiger partial charge on any atom is -0.394 e. The molecule has 0 spiro atoms. The fraction of sp³-hybridized carbons (Fsp3) is 0.538. The van der Waals surface area contributed by atoms with E-state index in [4.69, 9.17) is 11.6 Å². The van der Waals surface area contributed by atoms with Gasteiger partial charge in [-0.05, 0) is 30.9 Å². The molecule has 1 saturated heterocycles. The van der Waals surface area contributed by atoms with Gasteiger partial charge >= 0.3 is 6.03 Å². The fourth-order valence-electron chi connectivity index (χ4n) is 2.26. The maximum Gasteiger partial charge on any atom is 0.317 e. The molecule has 1 aliphatic rings. The number of aliphatic hydroxyl groups is 1. The van der Waals surface area contributed by atoms with E-state index in [1.807, 2.05) is 6.07 Å². The normalized spacial score (nSPS) is 18.6. The molecule has 0 radical (unpaired) electrons. The van der Waals surface area contributed by atoms with Crippen LogP contribution >= 0.6 is 11.6 Å². The van der Waals surface area contributed by atoms with Crippen molar-refractivity contribution in [2.75, 3.05) is 19.7 Å². The zero-order valence-corrected chi connectivity index (χ0v) is 11.4. The minimum absolute atomic E-state index is 0.0304. The summed E-state index contributed by atoms with van der Waals surface area (Å²) in [5.74, 6) is 0. The highest BCUT2D eigenvalue weighted by Gasteiger charge is 2.27. The Morgan fingerprint density at radius 1 is 1.58 bits per heavy atom. The Kier molecular flexibility index (Phi) is 4.99. The molecule has 0 bridgehead atoms. The van der Waals surface area contributed by atoms with Crippen LogP contribution in [0.25, 0.3) is 0 Å². The van der Waals surface area contributed by atoms with E-state index < -0.39 is 0 Å². The molecule has 0 aromatic carbocycles. The SMILES string of the molecule is O=C(NCCc1ccc(Cl)nc1)N1CCCC1CO. The molecule has 1 aliphatic heterocycles. The molecule has 6 heteroatoms. The van der Waals surface area contributed by atoms with Crippen LogP contribution in [0.2, 0.25) is 5.15 Å². The van der Waals surface area contributed by atoms with E-state index in [1.54, 1.807) is 17.2 Å². The molecule has 0 saturated carbocycles. The molecule has 1 aromatic rings. The van der Waals surface area contributed by atoms with Gasteiger partial charge in [-0.3, -0.25) is 0 Å². The summed E-state index contributed by atoms with van der Waals surface area (Å²) in [5, 5.41) is 12.5. The van der Waals surface area contributed by atoms with Crippen LogP contribution in [0.3, 0.4) is 0 Å². The van der Waals surface area contributed by atoms with Crippen molar-refractivity contribution in [1.29, 1.82) is 0 Å². The Labute approximate surface area is 117 Å². The average molecular weight is 284 g/mol. The lowest BCUT2D eigenvalue weighted by Gasteiger charge is -2.23. The highest BCUT2D eigenvalue weighted by Crippen LogP contribution is 2.16. The van der Waals surface area contributed by atoms with Crippen molar-refractivity contribution in [2.24, 2.45) is 0 Å². The largest absolute Gasteiger partial charge is 0.394 e. The van der Waals surface area contributed by atoms with Gasteiger partial charge in [-0.25, -0.2) is 9.78 Å². The molecule has 1 fully saturated rings. The number of nitrogens with one attached hydrogen (secondary N) is 1. The highest BCUT2D eigenvalue weighted by atomic mass is 35.5. The molecular weight excluding hydrogens is 266 g/mol. The first kappa shape index (κ1) is 14.1. The number of urea groups is 1. The molecular formula is C13H18ClN3O2. The van der Waals surface area contributed by atoms with Crippen LogP contribution in [-0.4, -0.2) is 46.8 Å². The molecule has 2 amide bonds. The van der Waals surface area contributed by atoms with E-state index in [9.17, 15) is 9.90 Å². The number of hydrogen-bond acceptors (Lipinski definition) is 3. The third-order valence-corrected chi connectivity index (χ3v) is 3.55. The molecule has 1 unspecified atom stereocenters. The third kappa shape index (κ3) is 3.81. The number of carbonyl (C=O) groups is 1. The van der Waals surface area contributed by atoms with Crippen LogP contribution in [0.15, 0.2) is 18.3 Å². The van der Waals surface area contributed by atoms with Crippen molar-refractivity contribution in [3.05, 3.63) is 29.0 Å². The predicted octanol–water partition coefficient (Wildman–Crippen LogP) is 1.44. The molecule has 104 valence electrons. The van der Waals surface area contributed by atoms with Crippen molar-refractivity contribution < 1.29 is 9.90 Å². The van der Waals surface area contributed by atoms with Gasteiger partial charge in [0.05, 0.1) is 12.6 Å². The van der Waals surface area contributed by atoms with Crippen LogP contribution < -0.4 is 5.32 Å². The summed E-state index contributed by atoms with van der Waals surface area (Å²) < 4.78 is 0. The summed E-state index contributed by atoms with van der Waals surface area (Å²) in [7, 11) is 0. The number of aliphatic hydroxyl groups excluding tert-OH is 1. The molecule has 5 nitrogen and oxygen atoms in total. The molecule has 19 heavy (non-hydrogen) atoms. The van der Waals surface area contributed by atoms with Crippen LogP contribution in [-0.2, 0) is 6.42 Å². The lowest BCUT2D eigenvalue weighted by Crippen LogP contribution is -2.44. The van der Waals surface area contributed by atoms with Crippen molar-refractivity contribution in [1.82, 2.24) is 15.2 Å². The summed E-state index contributed by atoms with van der Waals surface area (Å²) >= 11 is 5.70. The van der Waals surface area contributed by atoms with Gasteiger partial charge in [0.1, 0.15) is 5.15 Å². The Balaban J connectivity index is 1.76. The summed E-state index contributed by atoms with van der Waals surface area (Å²) in [6.45, 7) is 1.31. The van der Waals surface area contributed by atoms with Crippen LogP contribution in [0.4, 0.5) is 4.79 Å². The van der Waals surface area contributed by atoms with Gasteiger partial charge in [0.25, 0.3) is 0 Å². The number of pyridine rings is 1. The summed E-state index contributed by atoms with van der Waals surface area (Å²) in [4.78, 5) is 17.6. The fourth-order valence-corrected chi connectivity index (χ4v) is 2.37. The van der Waals surface area contributed by atoms with Crippen molar-refractivity contribution in [2.45, 2.75) is 25.3 Å². The topological polar surface area (TPSA) is 65.5 Å². The van der Waals surface area contributed by atoms with E-state index in [-0.39, 0.29) is 18.7 Å². The molecule has 1 aromatic heterocycles. The third-order valence-electron chi connectivity index (χ3n) is 3.33. The predicted molar refractivity (Wildman–Crippen MR) is 73.2 cm³/mol. The van der Waals surface area contributed by atoms with E-state index in [1.165, 1.54) is 0 Å². The second-order valence-electron chi connectivity index (χ2n) is 4.64. The number of halogens is 1. The van der Waals surface area contributed by atoms with Crippen LogP contribution in [0.5, 0.6) is 0 Å². The zero-order valence-electron chi connectivity index (χ0n) is 10.7. The molecule has 2 N–H and O–H groups in total. The number of amides is 2. The number of rotatable bonds is 4. The Morgan fingerprint density at radius 3 is 3.11 bits per heavy atom. The van der Waals surface area contributed by atoms with Gasteiger partial charge in [-0.15, -0.1) is 0 Å². The number of carbonyl (C=O) groups excluding carboxylic acids is 1. The number of aromatic nitrogens is 1. The summed E-state index contributed by atoms with van der Waals surface area (Å²) in [6, 6.07) is 3.50. The van der Waals surface area contributed by atoms with Gasteiger partial charge in [0.2, 0.25) is 0 Å². The smallest absolute Gasteiger partial charge is 0.317 e. The quantitative estimate of drug-likeness (QED) is 0.822. The maximum absolute atomic E-state index is 11.9. The van der Waals surface area contributed by atoms with E-state index in [0.29, 0.717) is 18.1 Å². The molecule has 0 aliphatic carbocycles. The molecule has 2 rings (SSSR count). The standard InChI is InChI=1S/C13H18ClN3O2/c14-12-4-3-10(8-16-12)5-6-15-13(19)17-7-1-2-11(17)9-18/h3-4,8,11,18H,1-2,5-7,9H2,(H,15,19). The lowest BCUT2D eigenvalue weighted by molar-refractivity contribution is 0.157. The Bertz CT molecular complexity index is 424. The van der Waals surface area contributed by atoms with Crippen LogP contribution in [0.1, 0.15) is 18.4 Å². The van der Waals surface area contributed by atoms with Gasteiger partial charge in [0.15, 0.2) is 0 Å². The number of hydrogen-bond donors (Lipinski definition) is 2. The number of likely N-dealkylation sites (tertiary alicyclic amines) is 1. The van der Waals surface area contributed by atoms with Crippen molar-refractivity contribution in [3.8, 4) is 0 Å². The van der Waals surface area contributed by atoms with Gasteiger partial charge < -0.3 is 15.3 Å². The monoisotopic (exact) mass is 283 g/mol. The highest BCUT2D eigenvalue weighted by molar-refractivity contribution is 6.29. The van der Waals surface area contributed by atoms with E-state index >= 15 is 0 Å². The lowest BCUT2D eigenvalue weighted by atomic mass is 10.2.